The topological polar surface area (TPSA) is 91.7 Å². The fourth-order valence-corrected chi connectivity index (χ4v) is 5.61. The number of hydrogen-bond donors (Lipinski definition) is 1. The number of morpholine rings is 1. The van der Waals surface area contributed by atoms with Crippen LogP contribution < -0.4 is 15.1 Å². The summed E-state index contributed by atoms with van der Waals surface area (Å²) >= 11 is 0. The van der Waals surface area contributed by atoms with Crippen LogP contribution in [0.1, 0.15) is 57.7 Å². The molecule has 4 heterocycles. The summed E-state index contributed by atoms with van der Waals surface area (Å²) in [5.74, 6) is 3.47. The smallest absolute Gasteiger partial charge is 0.225 e. The molecule has 1 unspecified atom stereocenters. The van der Waals surface area contributed by atoms with Gasteiger partial charge in [-0.2, -0.15) is 0 Å². The van der Waals surface area contributed by atoms with Gasteiger partial charge in [-0.1, -0.05) is 6.92 Å². The van der Waals surface area contributed by atoms with Crippen molar-refractivity contribution >= 4 is 23.3 Å². The van der Waals surface area contributed by atoms with E-state index < -0.39 is 0 Å². The van der Waals surface area contributed by atoms with E-state index in [1.54, 1.807) is 12.4 Å². The van der Waals surface area contributed by atoms with Crippen LogP contribution in [0.2, 0.25) is 0 Å². The minimum absolute atomic E-state index is 0.261. The number of fused-ring (bicyclic) bond motifs is 1. The summed E-state index contributed by atoms with van der Waals surface area (Å²) in [5, 5.41) is 3.44. The highest BCUT2D eigenvalue weighted by Crippen LogP contribution is 2.48. The van der Waals surface area contributed by atoms with Crippen LogP contribution in [0, 0.1) is 5.41 Å². The minimum Gasteiger partial charge on any atom is -0.377 e. The molecule has 40 heavy (non-hydrogen) atoms. The van der Waals surface area contributed by atoms with Crippen molar-refractivity contribution in [3.63, 3.8) is 0 Å². The van der Waals surface area contributed by atoms with E-state index in [0.29, 0.717) is 25.2 Å². The average molecular weight is 541 g/mol. The zero-order valence-corrected chi connectivity index (χ0v) is 23.9. The van der Waals surface area contributed by atoms with Crippen molar-refractivity contribution in [3.05, 3.63) is 54.0 Å². The van der Waals surface area contributed by atoms with Gasteiger partial charge in [-0.15, -0.1) is 0 Å². The molecule has 1 saturated heterocycles. The molecule has 9 heteroatoms. The lowest BCUT2D eigenvalue weighted by molar-refractivity contribution is 0.0984. The molecule has 9 nitrogen and oxygen atoms in total. The lowest BCUT2D eigenvalue weighted by Crippen LogP contribution is -2.45. The zero-order chi connectivity index (χ0) is 27.5. The number of aromatic nitrogens is 4. The van der Waals surface area contributed by atoms with E-state index in [-0.39, 0.29) is 6.04 Å². The van der Waals surface area contributed by atoms with Crippen molar-refractivity contribution in [2.24, 2.45) is 10.4 Å². The predicted molar refractivity (Wildman–Crippen MR) is 160 cm³/mol. The van der Waals surface area contributed by atoms with Crippen LogP contribution in [-0.4, -0.2) is 64.7 Å². The molecule has 3 aromatic rings. The Hall–Kier alpha value is -3.59. The maximum absolute atomic E-state index is 5.73. The summed E-state index contributed by atoms with van der Waals surface area (Å²) in [5.41, 5.74) is 4.88. The molecule has 1 aliphatic carbocycles. The molecule has 0 bridgehead atoms. The normalized spacial score (nSPS) is 20.3. The van der Waals surface area contributed by atoms with Gasteiger partial charge in [0.2, 0.25) is 5.95 Å². The van der Waals surface area contributed by atoms with E-state index in [0.717, 1.165) is 72.8 Å². The van der Waals surface area contributed by atoms with Crippen LogP contribution >= 0.6 is 0 Å². The molecule has 1 saturated carbocycles. The lowest BCUT2D eigenvalue weighted by atomic mass is 10.0. The Labute approximate surface area is 237 Å². The Morgan fingerprint density at radius 2 is 1.93 bits per heavy atom. The van der Waals surface area contributed by atoms with Gasteiger partial charge in [-0.05, 0) is 81.7 Å². The molecule has 0 radical (unpaired) electrons. The van der Waals surface area contributed by atoms with Gasteiger partial charge >= 0.3 is 0 Å². The first-order chi connectivity index (χ1) is 19.5. The fourth-order valence-electron chi connectivity index (χ4n) is 5.61. The minimum atomic E-state index is 0.261. The van der Waals surface area contributed by atoms with Gasteiger partial charge in [-0.3, -0.25) is 4.99 Å². The van der Waals surface area contributed by atoms with Gasteiger partial charge in [0.25, 0.3) is 0 Å². The third-order valence-electron chi connectivity index (χ3n) is 8.38. The van der Waals surface area contributed by atoms with Gasteiger partial charge in [0.05, 0.1) is 37.3 Å². The Balaban J connectivity index is 1.22. The first-order valence-electron chi connectivity index (χ1n) is 14.6. The molecule has 1 N–H and O–H groups in total. The highest BCUT2D eigenvalue weighted by Gasteiger charge is 2.36. The van der Waals surface area contributed by atoms with Gasteiger partial charge in [0, 0.05) is 48.8 Å². The SMILES string of the molecule is CC(=NCCCC1(C)CC1)Nc1ccc(-c2nc3c(c(N4CCOCC4C)n2)CCN(c2ncccn2)C3)cc1. The molecule has 2 aromatic heterocycles. The summed E-state index contributed by atoms with van der Waals surface area (Å²) in [4.78, 5) is 28.5. The molecular weight excluding hydrogens is 500 g/mol. The second-order valence-electron chi connectivity index (χ2n) is 11.7. The highest BCUT2D eigenvalue weighted by molar-refractivity contribution is 5.93. The summed E-state index contributed by atoms with van der Waals surface area (Å²) in [6.45, 7) is 11.3. The molecule has 3 aliphatic rings. The van der Waals surface area contributed by atoms with Crippen molar-refractivity contribution in [2.75, 3.05) is 48.0 Å². The van der Waals surface area contributed by atoms with Crippen LogP contribution in [0.5, 0.6) is 0 Å². The van der Waals surface area contributed by atoms with Crippen LogP contribution in [0.4, 0.5) is 17.5 Å². The van der Waals surface area contributed by atoms with Crippen molar-refractivity contribution in [1.29, 1.82) is 0 Å². The fraction of sp³-hybridized carbons (Fsp3) is 0.516. The second kappa shape index (κ2) is 11.5. The molecular formula is C31H40N8O. The number of amidine groups is 1. The molecule has 0 spiro atoms. The highest BCUT2D eigenvalue weighted by atomic mass is 16.5. The van der Waals surface area contributed by atoms with E-state index in [2.05, 4.69) is 63.2 Å². The van der Waals surface area contributed by atoms with Crippen molar-refractivity contribution in [2.45, 2.75) is 65.5 Å². The van der Waals surface area contributed by atoms with Gasteiger partial charge in [0.1, 0.15) is 5.82 Å². The van der Waals surface area contributed by atoms with Crippen LogP contribution in [0.15, 0.2) is 47.7 Å². The molecule has 210 valence electrons. The standard InChI is InChI=1S/C31H40N8O/c1-22-21-40-19-18-39(22)29-26-10-17-38(30-33-15-5-16-34-30)20-27(26)36-28(37-29)24-6-8-25(9-7-24)35-23(2)32-14-4-11-31(3)12-13-31/h5-9,15-16,22H,4,10-14,17-21H2,1-3H3,(H,32,35). The summed E-state index contributed by atoms with van der Waals surface area (Å²) in [6.07, 6.45) is 9.62. The Morgan fingerprint density at radius 3 is 2.67 bits per heavy atom. The molecule has 0 amide bonds. The average Bonchev–Trinajstić information content (AvgIpc) is 3.72. The van der Waals surface area contributed by atoms with E-state index in [9.17, 15) is 0 Å². The van der Waals surface area contributed by atoms with E-state index in [1.165, 1.54) is 24.8 Å². The largest absolute Gasteiger partial charge is 0.377 e. The van der Waals surface area contributed by atoms with Crippen LogP contribution in [0.3, 0.4) is 0 Å². The number of aliphatic imine (C=N–C) groups is 1. The molecule has 2 aliphatic heterocycles. The maximum atomic E-state index is 5.73. The molecule has 6 rings (SSSR count). The zero-order valence-electron chi connectivity index (χ0n) is 23.9. The van der Waals surface area contributed by atoms with Gasteiger partial charge < -0.3 is 19.9 Å². The third-order valence-corrected chi connectivity index (χ3v) is 8.38. The third kappa shape index (κ3) is 6.09. The molecule has 1 aromatic carbocycles. The number of nitrogens with zero attached hydrogens (tertiary/aromatic N) is 7. The predicted octanol–water partition coefficient (Wildman–Crippen LogP) is 5.13. The summed E-state index contributed by atoms with van der Waals surface area (Å²) < 4.78 is 5.73. The van der Waals surface area contributed by atoms with Crippen LogP contribution in [0.25, 0.3) is 11.4 Å². The van der Waals surface area contributed by atoms with Gasteiger partial charge in [-0.25, -0.2) is 19.9 Å². The van der Waals surface area contributed by atoms with Crippen LogP contribution in [-0.2, 0) is 17.7 Å². The summed E-state index contributed by atoms with van der Waals surface area (Å²) in [7, 11) is 0. The first kappa shape index (κ1) is 26.6. The van der Waals surface area contributed by atoms with E-state index in [4.69, 9.17) is 19.7 Å². The molecule has 2 fully saturated rings. The number of anilines is 3. The number of nitrogens with one attached hydrogen (secondary N) is 1. The number of ether oxygens (including phenoxy) is 1. The maximum Gasteiger partial charge on any atom is 0.225 e. The Morgan fingerprint density at radius 1 is 1.12 bits per heavy atom. The van der Waals surface area contributed by atoms with E-state index >= 15 is 0 Å². The Kier molecular flexibility index (Phi) is 7.65. The number of hydrogen-bond acceptors (Lipinski definition) is 8. The molecule has 1 atom stereocenters. The van der Waals surface area contributed by atoms with Crippen molar-refractivity contribution in [1.82, 2.24) is 19.9 Å². The Bertz CT molecular complexity index is 1340. The second-order valence-corrected chi connectivity index (χ2v) is 11.7. The van der Waals surface area contributed by atoms with Crippen molar-refractivity contribution < 1.29 is 4.74 Å². The number of rotatable bonds is 8. The van der Waals surface area contributed by atoms with E-state index in [1.807, 2.05) is 13.0 Å². The van der Waals surface area contributed by atoms with Crippen molar-refractivity contribution in [3.8, 4) is 11.4 Å². The lowest BCUT2D eigenvalue weighted by Gasteiger charge is -2.37. The van der Waals surface area contributed by atoms with Gasteiger partial charge in [0.15, 0.2) is 5.82 Å². The quantitative estimate of drug-likeness (QED) is 0.239. The number of benzene rings is 1. The summed E-state index contributed by atoms with van der Waals surface area (Å²) in [6, 6.07) is 10.5. The first-order valence-corrected chi connectivity index (χ1v) is 14.6. The monoisotopic (exact) mass is 540 g/mol.